The molecule has 3 nitrogen and oxygen atoms in total. The molecular formula is C14H19F2NO2S. The van der Waals surface area contributed by atoms with Gasteiger partial charge in [-0.3, -0.25) is 4.79 Å². The largest absolute Gasteiger partial charge is 0.396 e. The van der Waals surface area contributed by atoms with E-state index in [0.29, 0.717) is 18.5 Å². The van der Waals surface area contributed by atoms with Gasteiger partial charge in [-0.25, -0.2) is 8.78 Å². The lowest BCUT2D eigenvalue weighted by atomic mass is 10.1. The Bertz CT molecular complexity index is 430. The van der Waals surface area contributed by atoms with Crippen LogP contribution in [0.1, 0.15) is 18.4 Å². The topological polar surface area (TPSA) is 49.3 Å². The van der Waals surface area contributed by atoms with E-state index in [1.807, 2.05) is 0 Å². The minimum absolute atomic E-state index is 0.0995. The minimum atomic E-state index is -0.886. The summed E-state index contributed by atoms with van der Waals surface area (Å²) in [7, 11) is 0. The maximum atomic E-state index is 13.0. The Balaban J connectivity index is 2.15. The lowest BCUT2D eigenvalue weighted by Gasteiger charge is -2.05. The Labute approximate surface area is 121 Å². The van der Waals surface area contributed by atoms with Crippen molar-refractivity contribution in [3.63, 3.8) is 0 Å². The molecule has 0 aliphatic heterocycles. The Morgan fingerprint density at radius 2 is 2.05 bits per heavy atom. The van der Waals surface area contributed by atoms with Crippen LogP contribution in [-0.2, 0) is 11.2 Å². The summed E-state index contributed by atoms with van der Waals surface area (Å²) < 4.78 is 25.7. The summed E-state index contributed by atoms with van der Waals surface area (Å²) in [6.07, 6.45) is 1.40. The van der Waals surface area contributed by atoms with Gasteiger partial charge in [0, 0.05) is 25.3 Å². The third kappa shape index (κ3) is 6.86. The molecule has 0 heterocycles. The second-order valence-electron chi connectivity index (χ2n) is 4.29. The number of rotatable bonds is 9. The number of nitrogens with one attached hydrogen (secondary N) is 1. The molecule has 6 heteroatoms. The van der Waals surface area contributed by atoms with Crippen molar-refractivity contribution in [3.05, 3.63) is 35.4 Å². The van der Waals surface area contributed by atoms with E-state index in [1.54, 1.807) is 11.8 Å². The summed E-state index contributed by atoms with van der Waals surface area (Å²) in [4.78, 5) is 11.5. The third-order valence-electron chi connectivity index (χ3n) is 2.64. The molecule has 0 saturated heterocycles. The fraction of sp³-hybridized carbons (Fsp3) is 0.500. The van der Waals surface area contributed by atoms with Gasteiger partial charge in [0.05, 0.1) is 0 Å². The lowest BCUT2D eigenvalue weighted by Crippen LogP contribution is -2.26. The molecule has 1 aromatic rings. The van der Waals surface area contributed by atoms with Crippen molar-refractivity contribution in [1.82, 2.24) is 5.32 Å². The molecule has 1 amide bonds. The van der Waals surface area contributed by atoms with Crippen molar-refractivity contribution in [2.45, 2.75) is 19.3 Å². The summed E-state index contributed by atoms with van der Waals surface area (Å²) in [6.45, 7) is 0.764. The van der Waals surface area contributed by atoms with Gasteiger partial charge in [0.25, 0.3) is 0 Å². The fourth-order valence-electron chi connectivity index (χ4n) is 1.57. The van der Waals surface area contributed by atoms with E-state index in [4.69, 9.17) is 5.11 Å². The second kappa shape index (κ2) is 9.72. The number of hydrogen-bond acceptors (Lipinski definition) is 3. The van der Waals surface area contributed by atoms with Crippen molar-refractivity contribution in [2.24, 2.45) is 0 Å². The summed E-state index contributed by atoms with van der Waals surface area (Å²) in [5.41, 5.74) is 0.608. The van der Waals surface area contributed by atoms with Crippen LogP contribution in [-0.4, -0.2) is 35.7 Å². The average Bonchev–Trinajstić information content (AvgIpc) is 2.44. The molecule has 0 spiro atoms. The van der Waals surface area contributed by atoms with E-state index in [2.05, 4.69) is 5.32 Å². The first-order valence-corrected chi connectivity index (χ1v) is 7.68. The molecule has 2 N–H and O–H groups in total. The number of aryl methyl sites for hydroxylation is 1. The van der Waals surface area contributed by atoms with Gasteiger partial charge in [-0.2, -0.15) is 11.8 Å². The number of benzene rings is 1. The molecular weight excluding hydrogens is 284 g/mol. The Morgan fingerprint density at radius 3 is 2.75 bits per heavy atom. The van der Waals surface area contributed by atoms with Crippen LogP contribution in [0, 0.1) is 11.6 Å². The zero-order chi connectivity index (χ0) is 14.8. The zero-order valence-electron chi connectivity index (χ0n) is 11.2. The van der Waals surface area contributed by atoms with Crippen LogP contribution in [0.2, 0.25) is 0 Å². The number of aliphatic hydroxyl groups is 1. The molecule has 0 unspecified atom stereocenters. The molecule has 0 aliphatic carbocycles. The highest BCUT2D eigenvalue weighted by Crippen LogP contribution is 2.10. The van der Waals surface area contributed by atoms with Gasteiger partial charge in [-0.05, 0) is 36.3 Å². The van der Waals surface area contributed by atoms with E-state index < -0.39 is 11.6 Å². The van der Waals surface area contributed by atoms with E-state index in [1.165, 1.54) is 6.07 Å². The van der Waals surface area contributed by atoms with Gasteiger partial charge in [0.2, 0.25) is 5.91 Å². The molecule has 1 rings (SSSR count). The van der Waals surface area contributed by atoms with Gasteiger partial charge in [-0.1, -0.05) is 6.07 Å². The van der Waals surface area contributed by atoms with Crippen LogP contribution in [0.15, 0.2) is 18.2 Å². The van der Waals surface area contributed by atoms with Gasteiger partial charge < -0.3 is 10.4 Å². The van der Waals surface area contributed by atoms with Gasteiger partial charge in [0.15, 0.2) is 11.6 Å². The van der Waals surface area contributed by atoms with E-state index in [0.717, 1.165) is 30.1 Å². The Hall–Kier alpha value is -1.14. The Kier molecular flexibility index (Phi) is 8.22. The number of halogens is 2. The highest BCUT2D eigenvalue weighted by atomic mass is 32.2. The monoisotopic (exact) mass is 303 g/mol. The number of amides is 1. The molecule has 1 aromatic carbocycles. The summed E-state index contributed by atoms with van der Waals surface area (Å²) in [5, 5.41) is 11.4. The van der Waals surface area contributed by atoms with Crippen molar-refractivity contribution in [3.8, 4) is 0 Å². The van der Waals surface area contributed by atoms with Crippen molar-refractivity contribution >= 4 is 17.7 Å². The summed E-state index contributed by atoms with van der Waals surface area (Å²) >= 11 is 1.67. The van der Waals surface area contributed by atoms with Crippen molar-refractivity contribution in [2.75, 3.05) is 24.7 Å². The van der Waals surface area contributed by atoms with E-state index in [9.17, 15) is 13.6 Å². The Morgan fingerprint density at radius 1 is 1.25 bits per heavy atom. The fourth-order valence-corrected chi connectivity index (χ4v) is 2.36. The summed E-state index contributed by atoms with van der Waals surface area (Å²) in [5.74, 6) is -0.184. The van der Waals surface area contributed by atoms with Gasteiger partial charge in [-0.15, -0.1) is 0 Å². The highest BCUT2D eigenvalue weighted by molar-refractivity contribution is 7.99. The van der Waals surface area contributed by atoms with Crippen LogP contribution < -0.4 is 5.32 Å². The first-order valence-electron chi connectivity index (χ1n) is 6.52. The summed E-state index contributed by atoms with van der Waals surface area (Å²) in [6, 6.07) is 3.67. The predicted octanol–water partition coefficient (Wildman–Crippen LogP) is 2.13. The number of carbonyl (C=O) groups excluding carboxylic acids is 1. The number of aliphatic hydroxyl groups excluding tert-OH is 1. The molecule has 0 bridgehead atoms. The van der Waals surface area contributed by atoms with Gasteiger partial charge in [0.1, 0.15) is 0 Å². The first-order chi connectivity index (χ1) is 9.63. The number of thioether (sulfide) groups is 1. The molecule has 0 saturated carbocycles. The van der Waals surface area contributed by atoms with Crippen LogP contribution in [0.3, 0.4) is 0 Å². The SMILES string of the molecule is O=C(CCc1ccc(F)c(F)c1)NCCSCCCO. The molecule has 0 radical (unpaired) electrons. The van der Waals surface area contributed by atoms with Crippen LogP contribution in [0.25, 0.3) is 0 Å². The highest BCUT2D eigenvalue weighted by Gasteiger charge is 2.05. The molecule has 112 valence electrons. The van der Waals surface area contributed by atoms with Gasteiger partial charge >= 0.3 is 0 Å². The van der Waals surface area contributed by atoms with Crippen LogP contribution in [0.4, 0.5) is 8.78 Å². The zero-order valence-corrected chi connectivity index (χ0v) is 12.0. The molecule has 0 fully saturated rings. The second-order valence-corrected chi connectivity index (χ2v) is 5.51. The molecule has 20 heavy (non-hydrogen) atoms. The normalized spacial score (nSPS) is 10.6. The first kappa shape index (κ1) is 16.9. The molecule has 0 aliphatic rings. The van der Waals surface area contributed by atoms with E-state index in [-0.39, 0.29) is 18.9 Å². The minimum Gasteiger partial charge on any atom is -0.396 e. The standard InChI is InChI=1S/C14H19F2NO2S/c15-12-4-2-11(10-13(12)16)3-5-14(19)17-6-9-20-8-1-7-18/h2,4,10,18H,1,3,5-9H2,(H,17,19). The maximum absolute atomic E-state index is 13.0. The lowest BCUT2D eigenvalue weighted by molar-refractivity contribution is -0.120. The van der Waals surface area contributed by atoms with Crippen molar-refractivity contribution < 1.29 is 18.7 Å². The number of carbonyl (C=O) groups is 1. The predicted molar refractivity (Wildman–Crippen MR) is 76.7 cm³/mol. The van der Waals surface area contributed by atoms with Crippen LogP contribution in [0.5, 0.6) is 0 Å². The third-order valence-corrected chi connectivity index (χ3v) is 3.71. The average molecular weight is 303 g/mol. The van der Waals surface area contributed by atoms with Crippen LogP contribution >= 0.6 is 11.8 Å². The number of hydrogen-bond donors (Lipinski definition) is 2. The van der Waals surface area contributed by atoms with E-state index >= 15 is 0 Å². The van der Waals surface area contributed by atoms with Crippen molar-refractivity contribution in [1.29, 1.82) is 0 Å². The molecule has 0 atom stereocenters. The quantitative estimate of drug-likeness (QED) is 0.687. The molecule has 0 aromatic heterocycles. The maximum Gasteiger partial charge on any atom is 0.220 e. The smallest absolute Gasteiger partial charge is 0.220 e.